The normalized spacial score (nSPS) is 10.5. The Kier molecular flexibility index (Phi) is 6.60. The molecule has 0 fully saturated rings. The van der Waals surface area contributed by atoms with Crippen LogP contribution in [0.4, 0.5) is 0 Å². The molecule has 0 saturated carbocycles. The van der Waals surface area contributed by atoms with Crippen LogP contribution >= 0.6 is 0 Å². The first-order chi connectivity index (χ1) is 15.3. The molecule has 0 aliphatic carbocycles. The van der Waals surface area contributed by atoms with E-state index in [0.29, 0.717) is 24.7 Å². The zero-order valence-electron chi connectivity index (χ0n) is 17.0. The van der Waals surface area contributed by atoms with Gasteiger partial charge in [-0.3, -0.25) is 4.79 Å². The van der Waals surface area contributed by atoms with Crippen LogP contribution in [0.25, 0.3) is 5.69 Å². The second kappa shape index (κ2) is 10.1. The first-order valence-electron chi connectivity index (χ1n) is 10.0. The fourth-order valence-electron chi connectivity index (χ4n) is 3.02. The third-order valence-corrected chi connectivity index (χ3v) is 4.67. The smallest absolute Gasteiger partial charge is 0.258 e. The van der Waals surface area contributed by atoms with Crippen molar-refractivity contribution in [3.05, 3.63) is 109 Å². The molecule has 0 saturated heterocycles. The first-order valence-corrected chi connectivity index (χ1v) is 10.0. The predicted molar refractivity (Wildman–Crippen MR) is 118 cm³/mol. The maximum Gasteiger partial charge on any atom is 0.258 e. The fraction of sp³-hybridized carbons (Fsp3) is 0.120. The molecule has 0 aliphatic heterocycles. The lowest BCUT2D eigenvalue weighted by molar-refractivity contribution is -0.123. The van der Waals surface area contributed by atoms with Gasteiger partial charge in [0.25, 0.3) is 5.91 Å². The molecule has 1 heterocycles. The van der Waals surface area contributed by atoms with Crippen molar-refractivity contribution in [1.82, 2.24) is 14.9 Å². The summed E-state index contributed by atoms with van der Waals surface area (Å²) in [6.07, 6.45) is 5.37. The molecular formula is C25H23N3O3. The number of nitrogens with zero attached hydrogens (tertiary/aromatic N) is 2. The number of carbonyl (C=O) groups excluding carboxylic acids is 1. The van der Waals surface area contributed by atoms with E-state index in [4.69, 9.17) is 9.47 Å². The number of hydrogen-bond acceptors (Lipinski definition) is 4. The number of ether oxygens (including phenoxy) is 2. The summed E-state index contributed by atoms with van der Waals surface area (Å²) in [5.74, 6) is 0.948. The molecule has 0 aliphatic rings. The van der Waals surface area contributed by atoms with Gasteiger partial charge in [-0.2, -0.15) is 0 Å². The third kappa shape index (κ3) is 5.73. The van der Waals surface area contributed by atoms with Crippen LogP contribution in [-0.2, 0) is 17.9 Å². The Morgan fingerprint density at radius 3 is 2.26 bits per heavy atom. The number of aromatic nitrogens is 2. The van der Waals surface area contributed by atoms with E-state index in [-0.39, 0.29) is 12.5 Å². The second-order valence-electron chi connectivity index (χ2n) is 6.92. The quantitative estimate of drug-likeness (QED) is 0.448. The summed E-state index contributed by atoms with van der Waals surface area (Å²) in [5, 5.41) is 2.88. The van der Waals surface area contributed by atoms with Crippen molar-refractivity contribution in [2.45, 2.75) is 13.2 Å². The molecule has 1 aromatic heterocycles. The largest absolute Gasteiger partial charge is 0.485 e. The molecular weight excluding hydrogens is 390 g/mol. The number of carbonyl (C=O) groups is 1. The molecule has 0 atom stereocenters. The number of benzene rings is 3. The lowest BCUT2D eigenvalue weighted by Crippen LogP contribution is -2.28. The maximum atomic E-state index is 12.2. The van der Waals surface area contributed by atoms with E-state index in [0.717, 1.165) is 16.8 Å². The molecule has 0 bridgehead atoms. The van der Waals surface area contributed by atoms with Gasteiger partial charge in [0.2, 0.25) is 0 Å². The number of hydrogen-bond donors (Lipinski definition) is 1. The second-order valence-corrected chi connectivity index (χ2v) is 6.92. The molecule has 1 amide bonds. The van der Waals surface area contributed by atoms with Gasteiger partial charge in [-0.15, -0.1) is 0 Å². The van der Waals surface area contributed by atoms with Gasteiger partial charge in [-0.1, -0.05) is 54.6 Å². The van der Waals surface area contributed by atoms with Crippen LogP contribution in [0.5, 0.6) is 11.5 Å². The Labute approximate surface area is 181 Å². The summed E-state index contributed by atoms with van der Waals surface area (Å²) in [7, 11) is 0. The number of nitrogens with one attached hydrogen (secondary N) is 1. The van der Waals surface area contributed by atoms with E-state index in [1.165, 1.54) is 0 Å². The Morgan fingerprint density at radius 2 is 1.55 bits per heavy atom. The molecule has 1 N–H and O–H groups in total. The standard InChI is InChI=1S/C25H23N3O3/c29-25(27-16-20-10-12-22(13-11-20)28-15-14-26-19-28)18-31-24-9-5-4-8-23(24)30-17-21-6-2-1-3-7-21/h1-15,19H,16-18H2,(H,27,29). The SMILES string of the molecule is O=C(COc1ccccc1OCc1ccccc1)NCc1ccc(-n2ccnc2)cc1. The highest BCUT2D eigenvalue weighted by molar-refractivity contribution is 5.77. The number of amides is 1. The van der Waals surface area contributed by atoms with E-state index in [9.17, 15) is 4.79 Å². The van der Waals surface area contributed by atoms with Gasteiger partial charge in [0.1, 0.15) is 6.61 Å². The summed E-state index contributed by atoms with van der Waals surface area (Å²) in [5.41, 5.74) is 3.08. The van der Waals surface area contributed by atoms with E-state index in [1.807, 2.05) is 83.6 Å². The minimum Gasteiger partial charge on any atom is -0.485 e. The molecule has 0 unspecified atom stereocenters. The highest BCUT2D eigenvalue weighted by Gasteiger charge is 2.08. The van der Waals surface area contributed by atoms with Crippen molar-refractivity contribution in [2.24, 2.45) is 0 Å². The summed E-state index contributed by atoms with van der Waals surface area (Å²) in [4.78, 5) is 16.3. The van der Waals surface area contributed by atoms with Crippen molar-refractivity contribution in [3.8, 4) is 17.2 Å². The Bertz CT molecular complexity index is 1090. The topological polar surface area (TPSA) is 65.4 Å². The molecule has 6 nitrogen and oxygen atoms in total. The van der Waals surface area contributed by atoms with E-state index in [2.05, 4.69) is 10.3 Å². The Balaban J connectivity index is 1.26. The monoisotopic (exact) mass is 413 g/mol. The summed E-state index contributed by atoms with van der Waals surface area (Å²) in [6.45, 7) is 0.778. The summed E-state index contributed by atoms with van der Waals surface area (Å²) < 4.78 is 13.5. The van der Waals surface area contributed by atoms with Crippen LogP contribution in [0.15, 0.2) is 97.6 Å². The van der Waals surface area contributed by atoms with Crippen molar-refractivity contribution >= 4 is 5.91 Å². The molecule has 4 aromatic rings. The van der Waals surface area contributed by atoms with Crippen LogP contribution in [0.3, 0.4) is 0 Å². The van der Waals surface area contributed by atoms with E-state index >= 15 is 0 Å². The van der Waals surface area contributed by atoms with Gasteiger partial charge in [-0.25, -0.2) is 4.98 Å². The number of para-hydroxylation sites is 2. The summed E-state index contributed by atoms with van der Waals surface area (Å²) in [6, 6.07) is 25.2. The predicted octanol–water partition coefficient (Wildman–Crippen LogP) is 4.15. The zero-order valence-corrected chi connectivity index (χ0v) is 17.0. The van der Waals surface area contributed by atoms with Gasteiger partial charge in [0, 0.05) is 24.6 Å². The molecule has 3 aromatic carbocycles. The van der Waals surface area contributed by atoms with Crippen LogP contribution in [0.2, 0.25) is 0 Å². The van der Waals surface area contributed by atoms with Gasteiger partial charge >= 0.3 is 0 Å². The molecule has 156 valence electrons. The number of imidazole rings is 1. The fourth-order valence-corrected chi connectivity index (χ4v) is 3.02. The van der Waals surface area contributed by atoms with Crippen LogP contribution < -0.4 is 14.8 Å². The highest BCUT2D eigenvalue weighted by atomic mass is 16.5. The lowest BCUT2D eigenvalue weighted by Gasteiger charge is -2.13. The number of rotatable bonds is 9. The molecule has 0 spiro atoms. The van der Waals surface area contributed by atoms with Gasteiger partial charge in [-0.05, 0) is 35.4 Å². The third-order valence-electron chi connectivity index (χ3n) is 4.67. The van der Waals surface area contributed by atoms with Crippen molar-refractivity contribution < 1.29 is 14.3 Å². The Morgan fingerprint density at radius 1 is 0.839 bits per heavy atom. The van der Waals surface area contributed by atoms with E-state index < -0.39 is 0 Å². The van der Waals surface area contributed by atoms with E-state index in [1.54, 1.807) is 18.6 Å². The molecule has 0 radical (unpaired) electrons. The van der Waals surface area contributed by atoms with Gasteiger partial charge in [0.15, 0.2) is 18.1 Å². The zero-order chi connectivity index (χ0) is 21.3. The first kappa shape index (κ1) is 20.2. The lowest BCUT2D eigenvalue weighted by atomic mass is 10.2. The molecule has 31 heavy (non-hydrogen) atoms. The van der Waals surface area contributed by atoms with Crippen molar-refractivity contribution in [1.29, 1.82) is 0 Å². The van der Waals surface area contributed by atoms with Gasteiger partial charge < -0.3 is 19.4 Å². The van der Waals surface area contributed by atoms with Gasteiger partial charge in [0.05, 0.1) is 6.33 Å². The minimum atomic E-state index is -0.198. The van der Waals surface area contributed by atoms with Crippen LogP contribution in [0, 0.1) is 0 Å². The highest BCUT2D eigenvalue weighted by Crippen LogP contribution is 2.27. The minimum absolute atomic E-state index is 0.0845. The van der Waals surface area contributed by atoms with Crippen LogP contribution in [-0.4, -0.2) is 22.1 Å². The van der Waals surface area contributed by atoms with Crippen molar-refractivity contribution in [2.75, 3.05) is 6.61 Å². The Hall–Kier alpha value is -4.06. The average molecular weight is 413 g/mol. The van der Waals surface area contributed by atoms with Crippen LogP contribution in [0.1, 0.15) is 11.1 Å². The average Bonchev–Trinajstić information content (AvgIpc) is 3.37. The van der Waals surface area contributed by atoms with Crippen molar-refractivity contribution in [3.63, 3.8) is 0 Å². The maximum absolute atomic E-state index is 12.2. The molecule has 4 rings (SSSR count). The summed E-state index contributed by atoms with van der Waals surface area (Å²) >= 11 is 0. The molecule has 6 heteroatoms.